The fraction of sp³-hybridized carbons (Fsp3) is 0.240. The average molecular weight is 478 g/mol. The number of carbonyl (C=O) groups is 1. The van der Waals surface area contributed by atoms with Gasteiger partial charge in [-0.3, -0.25) is 9.36 Å². The number of para-hydroxylation sites is 1. The van der Waals surface area contributed by atoms with E-state index in [2.05, 4.69) is 28.6 Å². The molecule has 0 spiro atoms. The summed E-state index contributed by atoms with van der Waals surface area (Å²) < 4.78 is 9.70. The molecule has 5 rings (SSSR count). The maximum atomic E-state index is 13.7. The molecule has 0 radical (unpaired) electrons. The van der Waals surface area contributed by atoms with Crippen LogP contribution in [0, 0.1) is 6.92 Å². The predicted molar refractivity (Wildman–Crippen MR) is 132 cm³/mol. The third-order valence-electron chi connectivity index (χ3n) is 6.05. The standard InChI is InChI=1S/C25H23N3O3S2/c1-5-31-24(30)21-14(2)26-25-28(22(21)19-11-8-12-32-19)23(29)20(33-25)13-17-15(3)27(4)18-10-7-6-9-16(17)18/h6-13,22H,5H2,1-4H3/b20-13-/t22-/m0/s1. The second-order valence-electron chi connectivity index (χ2n) is 7.89. The van der Waals surface area contributed by atoms with Gasteiger partial charge < -0.3 is 9.30 Å². The van der Waals surface area contributed by atoms with Crippen molar-refractivity contribution >= 4 is 45.6 Å². The van der Waals surface area contributed by atoms with Gasteiger partial charge in [-0.1, -0.05) is 35.6 Å². The molecule has 0 N–H and O–H groups in total. The summed E-state index contributed by atoms with van der Waals surface area (Å²) in [5.41, 5.74) is 4.07. The van der Waals surface area contributed by atoms with Crippen LogP contribution in [0.2, 0.25) is 0 Å². The SMILES string of the molecule is CCOC(=O)C1=C(C)N=c2s/c(=C\c3c(C)n(C)c4ccccc34)c(=O)n2[C@H]1c1cccs1. The molecule has 0 bridgehead atoms. The minimum atomic E-state index is -0.545. The number of fused-ring (bicyclic) bond motifs is 2. The van der Waals surface area contributed by atoms with E-state index in [0.717, 1.165) is 27.0 Å². The minimum Gasteiger partial charge on any atom is -0.463 e. The van der Waals surface area contributed by atoms with Gasteiger partial charge in [0.1, 0.15) is 6.04 Å². The second-order valence-corrected chi connectivity index (χ2v) is 9.88. The van der Waals surface area contributed by atoms with Crippen molar-refractivity contribution in [2.24, 2.45) is 12.0 Å². The summed E-state index contributed by atoms with van der Waals surface area (Å²) in [6.07, 6.45) is 1.95. The smallest absolute Gasteiger partial charge is 0.338 e. The molecule has 0 amide bonds. The van der Waals surface area contributed by atoms with Crippen LogP contribution in [0.1, 0.15) is 36.0 Å². The highest BCUT2D eigenvalue weighted by atomic mass is 32.1. The van der Waals surface area contributed by atoms with Gasteiger partial charge in [0.15, 0.2) is 4.80 Å². The lowest BCUT2D eigenvalue weighted by Crippen LogP contribution is -2.39. The molecule has 0 saturated heterocycles. The van der Waals surface area contributed by atoms with E-state index >= 15 is 0 Å². The molecule has 8 heteroatoms. The normalized spacial score (nSPS) is 16.2. The van der Waals surface area contributed by atoms with E-state index in [1.54, 1.807) is 18.4 Å². The summed E-state index contributed by atoms with van der Waals surface area (Å²) in [4.78, 5) is 32.7. The van der Waals surface area contributed by atoms with Gasteiger partial charge >= 0.3 is 5.97 Å². The van der Waals surface area contributed by atoms with Gasteiger partial charge in [-0.05, 0) is 44.4 Å². The Morgan fingerprint density at radius 1 is 1.21 bits per heavy atom. The van der Waals surface area contributed by atoms with E-state index in [1.807, 2.05) is 42.8 Å². The summed E-state index contributed by atoms with van der Waals surface area (Å²) in [6.45, 7) is 5.90. The number of thiazole rings is 1. The Morgan fingerprint density at radius 2 is 2.00 bits per heavy atom. The van der Waals surface area contributed by atoms with Crippen LogP contribution in [0.3, 0.4) is 0 Å². The van der Waals surface area contributed by atoms with Crippen LogP contribution in [-0.2, 0) is 16.6 Å². The number of ether oxygens (including phenoxy) is 1. The molecule has 1 atom stereocenters. The first kappa shape index (κ1) is 21.6. The van der Waals surface area contributed by atoms with Crippen molar-refractivity contribution in [1.29, 1.82) is 0 Å². The number of benzene rings is 1. The lowest BCUT2D eigenvalue weighted by Gasteiger charge is -2.23. The summed E-state index contributed by atoms with van der Waals surface area (Å²) in [5, 5.41) is 3.05. The molecule has 4 aromatic rings. The average Bonchev–Trinajstić information content (AvgIpc) is 3.49. The van der Waals surface area contributed by atoms with Crippen molar-refractivity contribution in [2.75, 3.05) is 6.61 Å². The van der Waals surface area contributed by atoms with Crippen LogP contribution in [0.15, 0.2) is 62.8 Å². The molecule has 4 heterocycles. The largest absolute Gasteiger partial charge is 0.463 e. The first-order valence-corrected chi connectivity index (χ1v) is 12.4. The topological polar surface area (TPSA) is 65.6 Å². The van der Waals surface area contributed by atoms with E-state index in [0.29, 0.717) is 20.6 Å². The molecule has 0 saturated carbocycles. The van der Waals surface area contributed by atoms with Gasteiger partial charge in [-0.2, -0.15) is 0 Å². The van der Waals surface area contributed by atoms with Crippen molar-refractivity contribution in [3.63, 3.8) is 0 Å². The molecule has 1 aromatic carbocycles. The van der Waals surface area contributed by atoms with Gasteiger partial charge in [-0.25, -0.2) is 9.79 Å². The highest BCUT2D eigenvalue weighted by molar-refractivity contribution is 7.10. The number of hydrogen-bond donors (Lipinski definition) is 0. The van der Waals surface area contributed by atoms with E-state index < -0.39 is 12.0 Å². The highest BCUT2D eigenvalue weighted by Crippen LogP contribution is 2.33. The first-order chi connectivity index (χ1) is 15.9. The van der Waals surface area contributed by atoms with Crippen LogP contribution in [0.5, 0.6) is 0 Å². The second kappa shape index (κ2) is 8.28. The van der Waals surface area contributed by atoms with E-state index in [4.69, 9.17) is 4.74 Å². The zero-order valence-corrected chi connectivity index (χ0v) is 20.4. The summed E-state index contributed by atoms with van der Waals surface area (Å²) in [7, 11) is 2.03. The van der Waals surface area contributed by atoms with Crippen molar-refractivity contribution in [1.82, 2.24) is 9.13 Å². The third kappa shape index (κ3) is 3.41. The summed E-state index contributed by atoms with van der Waals surface area (Å²) >= 11 is 2.86. The Balaban J connectivity index is 1.77. The third-order valence-corrected chi connectivity index (χ3v) is 7.96. The van der Waals surface area contributed by atoms with Crippen molar-refractivity contribution in [3.05, 3.63) is 88.9 Å². The first-order valence-electron chi connectivity index (χ1n) is 10.7. The number of thiophene rings is 1. The van der Waals surface area contributed by atoms with Crippen LogP contribution >= 0.6 is 22.7 Å². The molecule has 0 fully saturated rings. The molecule has 0 unspecified atom stereocenters. The monoisotopic (exact) mass is 477 g/mol. The Labute approximate surface area is 198 Å². The fourth-order valence-electron chi connectivity index (χ4n) is 4.37. The van der Waals surface area contributed by atoms with Crippen molar-refractivity contribution in [2.45, 2.75) is 26.8 Å². The number of aryl methyl sites for hydroxylation is 1. The zero-order valence-electron chi connectivity index (χ0n) is 18.8. The maximum absolute atomic E-state index is 13.7. The molecular formula is C25H23N3O3S2. The predicted octanol–water partition coefficient (Wildman–Crippen LogP) is 3.66. The minimum absolute atomic E-state index is 0.154. The van der Waals surface area contributed by atoms with Gasteiger partial charge in [0, 0.05) is 34.1 Å². The van der Waals surface area contributed by atoms with Gasteiger partial charge in [-0.15, -0.1) is 11.3 Å². The lowest BCUT2D eigenvalue weighted by molar-refractivity contribution is -0.139. The number of carbonyl (C=O) groups excluding carboxylic acids is 1. The number of aromatic nitrogens is 2. The van der Waals surface area contributed by atoms with Crippen LogP contribution < -0.4 is 14.9 Å². The van der Waals surface area contributed by atoms with E-state index in [9.17, 15) is 9.59 Å². The number of esters is 1. The van der Waals surface area contributed by atoms with Crippen molar-refractivity contribution < 1.29 is 9.53 Å². The lowest BCUT2D eigenvalue weighted by atomic mass is 10.0. The molecule has 1 aliphatic rings. The van der Waals surface area contributed by atoms with Crippen LogP contribution in [0.4, 0.5) is 0 Å². The fourth-order valence-corrected chi connectivity index (χ4v) is 6.22. The van der Waals surface area contributed by atoms with E-state index in [-0.39, 0.29) is 12.2 Å². The number of hydrogen-bond acceptors (Lipinski definition) is 6. The molecule has 1 aliphatic heterocycles. The van der Waals surface area contributed by atoms with Crippen LogP contribution in [-0.4, -0.2) is 21.7 Å². The Kier molecular flexibility index (Phi) is 5.42. The molecule has 3 aromatic heterocycles. The highest BCUT2D eigenvalue weighted by Gasteiger charge is 2.33. The van der Waals surface area contributed by atoms with Gasteiger partial charge in [0.25, 0.3) is 5.56 Å². The summed E-state index contributed by atoms with van der Waals surface area (Å²) in [5.74, 6) is -0.434. The molecular weight excluding hydrogens is 454 g/mol. The number of nitrogens with zero attached hydrogens (tertiary/aromatic N) is 3. The number of rotatable bonds is 4. The summed E-state index contributed by atoms with van der Waals surface area (Å²) in [6, 6.07) is 11.5. The quantitative estimate of drug-likeness (QED) is 0.422. The molecule has 6 nitrogen and oxygen atoms in total. The Morgan fingerprint density at radius 3 is 2.73 bits per heavy atom. The molecule has 33 heavy (non-hydrogen) atoms. The molecule has 168 valence electrons. The maximum Gasteiger partial charge on any atom is 0.338 e. The zero-order chi connectivity index (χ0) is 23.3. The van der Waals surface area contributed by atoms with E-state index in [1.165, 1.54) is 22.7 Å². The Bertz CT molecular complexity index is 1600. The van der Waals surface area contributed by atoms with Crippen molar-refractivity contribution in [3.8, 4) is 0 Å². The Hall–Kier alpha value is -3.23. The van der Waals surface area contributed by atoms with Gasteiger partial charge in [0.05, 0.1) is 22.4 Å². The number of allylic oxidation sites excluding steroid dienone is 1. The van der Waals surface area contributed by atoms with Crippen LogP contribution in [0.25, 0.3) is 17.0 Å². The molecule has 0 aliphatic carbocycles. The van der Waals surface area contributed by atoms with Gasteiger partial charge in [0.2, 0.25) is 0 Å².